The van der Waals surface area contributed by atoms with Crippen LogP contribution in [0.15, 0.2) is 60.0 Å². The molecule has 0 saturated carbocycles. The first-order valence-corrected chi connectivity index (χ1v) is 9.55. The van der Waals surface area contributed by atoms with Crippen LogP contribution in [0.25, 0.3) is 11.3 Å². The molecule has 0 bridgehead atoms. The summed E-state index contributed by atoms with van der Waals surface area (Å²) in [7, 11) is 1.48. The zero-order chi connectivity index (χ0) is 23.8. The standard InChI is InChI=1S/C21H17F5N6O/c1-31-29-12-32(30-31)11-20(33,16-7-6-15(23)8-17(16)24)21(25,26)19-10-27-18(9-28-19)13-2-4-14(22)5-3-13/h2-10,12,30,33H,11H2,1H3. The third-order valence-electron chi connectivity index (χ3n) is 5.05. The quantitative estimate of drug-likeness (QED) is 0.546. The summed E-state index contributed by atoms with van der Waals surface area (Å²) in [6.45, 7) is -0.877. The van der Waals surface area contributed by atoms with Gasteiger partial charge in [0.05, 0.1) is 24.6 Å². The Balaban J connectivity index is 1.74. The molecule has 3 aromatic rings. The normalized spacial score (nSPS) is 15.7. The Morgan fingerprint density at radius 1 is 0.970 bits per heavy atom. The SMILES string of the molecule is CN1N=CN(CC(O)(c2ccc(F)cc2F)C(F)(F)c2cnc(-c3ccc(F)cc3)cn2)N1. The molecule has 2 aromatic carbocycles. The minimum absolute atomic E-state index is 0.182. The second kappa shape index (κ2) is 8.37. The molecular formula is C21H17F5N6O. The zero-order valence-electron chi connectivity index (χ0n) is 17.1. The Kier molecular flexibility index (Phi) is 5.72. The Labute approximate surface area is 184 Å². The van der Waals surface area contributed by atoms with E-state index in [1.807, 2.05) is 0 Å². The molecular weight excluding hydrogens is 447 g/mol. The van der Waals surface area contributed by atoms with Crippen molar-refractivity contribution in [1.29, 1.82) is 0 Å². The molecule has 1 atom stereocenters. The minimum atomic E-state index is -4.18. The molecule has 4 rings (SSSR count). The fraction of sp³-hybridized carbons (Fsp3) is 0.190. The van der Waals surface area contributed by atoms with E-state index in [0.29, 0.717) is 11.6 Å². The van der Waals surface area contributed by atoms with Gasteiger partial charge in [-0.05, 0) is 36.4 Å². The molecule has 12 heteroatoms. The van der Waals surface area contributed by atoms with Crippen molar-refractivity contribution in [2.24, 2.45) is 5.10 Å². The first-order valence-electron chi connectivity index (χ1n) is 9.55. The summed E-state index contributed by atoms with van der Waals surface area (Å²) in [6.07, 6.45) is 2.88. The average Bonchev–Trinajstić information content (AvgIpc) is 3.18. The van der Waals surface area contributed by atoms with E-state index >= 15 is 8.78 Å². The summed E-state index contributed by atoms with van der Waals surface area (Å²) in [5, 5.41) is 17.2. The van der Waals surface area contributed by atoms with Crippen LogP contribution in [0.1, 0.15) is 11.3 Å². The van der Waals surface area contributed by atoms with Crippen LogP contribution in [0, 0.1) is 17.5 Å². The fourth-order valence-electron chi connectivity index (χ4n) is 3.35. The van der Waals surface area contributed by atoms with Crippen molar-refractivity contribution in [3.8, 4) is 11.3 Å². The summed E-state index contributed by atoms with van der Waals surface area (Å²) < 4.78 is 72.6. The Bertz CT molecular complexity index is 1170. The van der Waals surface area contributed by atoms with E-state index in [1.54, 1.807) is 0 Å². The molecule has 1 unspecified atom stereocenters. The molecule has 7 nitrogen and oxygen atoms in total. The van der Waals surface area contributed by atoms with Crippen LogP contribution in [0.4, 0.5) is 22.0 Å². The second-order valence-electron chi connectivity index (χ2n) is 7.34. The number of hydrogen-bond donors (Lipinski definition) is 2. The highest BCUT2D eigenvalue weighted by Crippen LogP contribution is 2.46. The van der Waals surface area contributed by atoms with Gasteiger partial charge in [0.25, 0.3) is 0 Å². The largest absolute Gasteiger partial charge is 0.377 e. The molecule has 1 aromatic heterocycles. The zero-order valence-corrected chi connectivity index (χ0v) is 17.1. The van der Waals surface area contributed by atoms with Gasteiger partial charge in [-0.3, -0.25) is 15.0 Å². The minimum Gasteiger partial charge on any atom is -0.377 e. The van der Waals surface area contributed by atoms with Crippen molar-refractivity contribution >= 4 is 6.34 Å². The smallest absolute Gasteiger partial charge is 0.325 e. The van der Waals surface area contributed by atoms with Gasteiger partial charge in [0.2, 0.25) is 0 Å². The highest BCUT2D eigenvalue weighted by atomic mass is 19.3. The number of alkyl halides is 2. The molecule has 0 radical (unpaired) electrons. The van der Waals surface area contributed by atoms with Gasteiger partial charge in [0.1, 0.15) is 29.5 Å². The predicted octanol–water partition coefficient (Wildman–Crippen LogP) is 3.15. The molecule has 1 aliphatic rings. The maximum atomic E-state index is 15.7. The van der Waals surface area contributed by atoms with Crippen LogP contribution >= 0.6 is 0 Å². The summed E-state index contributed by atoms with van der Waals surface area (Å²) >= 11 is 0. The van der Waals surface area contributed by atoms with Crippen molar-refractivity contribution < 1.29 is 27.1 Å². The van der Waals surface area contributed by atoms with Crippen LogP contribution in [-0.2, 0) is 11.5 Å². The number of benzene rings is 2. The van der Waals surface area contributed by atoms with Crippen molar-refractivity contribution in [1.82, 2.24) is 25.6 Å². The lowest BCUT2D eigenvalue weighted by Gasteiger charge is -2.38. The van der Waals surface area contributed by atoms with Crippen LogP contribution < -0.4 is 5.53 Å². The number of nitrogens with zero attached hydrogens (tertiary/aromatic N) is 5. The maximum Gasteiger partial charge on any atom is 0.325 e. The third-order valence-corrected chi connectivity index (χ3v) is 5.05. The van der Waals surface area contributed by atoms with Gasteiger partial charge in [-0.25, -0.2) is 18.3 Å². The number of β-amino-alcohol motifs (C(OH)–C–C–N with tert-alkyl or cyclic N) is 1. The highest BCUT2D eigenvalue weighted by Gasteiger charge is 2.58. The lowest BCUT2D eigenvalue weighted by molar-refractivity contribution is -0.207. The van der Waals surface area contributed by atoms with Crippen molar-refractivity contribution in [3.63, 3.8) is 0 Å². The van der Waals surface area contributed by atoms with Gasteiger partial charge in [0.15, 0.2) is 5.60 Å². The number of rotatable bonds is 6. The van der Waals surface area contributed by atoms with Crippen LogP contribution in [0.3, 0.4) is 0 Å². The van der Waals surface area contributed by atoms with Crippen molar-refractivity contribution in [2.45, 2.75) is 11.5 Å². The molecule has 0 aliphatic carbocycles. The average molecular weight is 464 g/mol. The van der Waals surface area contributed by atoms with Crippen LogP contribution in [-0.4, -0.2) is 45.1 Å². The van der Waals surface area contributed by atoms with Crippen LogP contribution in [0.5, 0.6) is 0 Å². The number of hydrazone groups is 1. The van der Waals surface area contributed by atoms with E-state index in [2.05, 4.69) is 20.6 Å². The number of aromatic nitrogens is 2. The molecule has 2 heterocycles. The van der Waals surface area contributed by atoms with E-state index in [0.717, 1.165) is 35.9 Å². The molecule has 33 heavy (non-hydrogen) atoms. The number of nitrogens with one attached hydrogen (secondary N) is 1. The first kappa shape index (κ1) is 22.6. The molecule has 2 N–H and O–H groups in total. The van der Waals surface area contributed by atoms with E-state index < -0.39 is 46.8 Å². The van der Waals surface area contributed by atoms with Crippen molar-refractivity contribution in [2.75, 3.05) is 13.6 Å². The topological polar surface area (TPSA) is 76.9 Å². The molecule has 0 amide bonds. The molecule has 172 valence electrons. The highest BCUT2D eigenvalue weighted by molar-refractivity contribution is 5.58. The predicted molar refractivity (Wildman–Crippen MR) is 108 cm³/mol. The van der Waals surface area contributed by atoms with Gasteiger partial charge in [-0.15, -0.1) is 10.6 Å². The van der Waals surface area contributed by atoms with E-state index in [9.17, 15) is 18.3 Å². The Morgan fingerprint density at radius 3 is 2.24 bits per heavy atom. The van der Waals surface area contributed by atoms with E-state index in [1.165, 1.54) is 36.4 Å². The first-order chi connectivity index (χ1) is 15.6. The molecule has 0 fully saturated rings. The van der Waals surface area contributed by atoms with Gasteiger partial charge >= 0.3 is 5.92 Å². The summed E-state index contributed by atoms with van der Waals surface area (Å²) in [6, 6.07) is 7.06. The van der Waals surface area contributed by atoms with E-state index in [4.69, 9.17) is 0 Å². The summed E-state index contributed by atoms with van der Waals surface area (Å²) in [5.74, 6) is -7.02. The van der Waals surface area contributed by atoms with Gasteiger partial charge in [-0.2, -0.15) is 8.78 Å². The second-order valence-corrected chi connectivity index (χ2v) is 7.34. The van der Waals surface area contributed by atoms with E-state index in [-0.39, 0.29) is 5.69 Å². The number of hydrazine groups is 2. The van der Waals surface area contributed by atoms with Crippen LogP contribution in [0.2, 0.25) is 0 Å². The number of aliphatic hydroxyl groups is 1. The molecule has 0 saturated heterocycles. The fourth-order valence-corrected chi connectivity index (χ4v) is 3.35. The lowest BCUT2D eigenvalue weighted by atomic mass is 9.84. The van der Waals surface area contributed by atoms with Gasteiger partial charge in [0, 0.05) is 24.2 Å². The maximum absolute atomic E-state index is 15.7. The monoisotopic (exact) mass is 464 g/mol. The van der Waals surface area contributed by atoms with Crippen molar-refractivity contribution in [3.05, 3.63) is 83.6 Å². The van der Waals surface area contributed by atoms with Gasteiger partial charge < -0.3 is 5.11 Å². The van der Waals surface area contributed by atoms with Gasteiger partial charge in [-0.1, -0.05) is 0 Å². The number of halogens is 5. The number of hydrogen-bond acceptors (Lipinski definition) is 7. The Hall–Kier alpha value is -3.64. The lowest BCUT2D eigenvalue weighted by Crippen LogP contribution is -2.55. The Morgan fingerprint density at radius 2 is 1.67 bits per heavy atom. The summed E-state index contributed by atoms with van der Waals surface area (Å²) in [5.41, 5.74) is -1.84. The molecule has 0 spiro atoms. The summed E-state index contributed by atoms with van der Waals surface area (Å²) in [4.78, 5) is 7.67. The third kappa shape index (κ3) is 4.22. The molecule has 1 aliphatic heterocycles.